The number of fused-ring (bicyclic) bond motifs is 3. The van der Waals surface area contributed by atoms with Crippen LogP contribution in [0.15, 0.2) is 48.6 Å². The Morgan fingerprint density at radius 2 is 2.12 bits per heavy atom. The van der Waals surface area contributed by atoms with Crippen LogP contribution >= 0.6 is 0 Å². The van der Waals surface area contributed by atoms with Gasteiger partial charge in [-0.05, 0) is 37.0 Å². The molecule has 1 aliphatic heterocycles. The van der Waals surface area contributed by atoms with Crippen LogP contribution in [0.3, 0.4) is 0 Å². The third kappa shape index (κ3) is 2.62. The second kappa shape index (κ2) is 6.44. The summed E-state index contributed by atoms with van der Waals surface area (Å²) in [7, 11) is 0. The lowest BCUT2D eigenvalue weighted by Gasteiger charge is -2.37. The summed E-state index contributed by atoms with van der Waals surface area (Å²) in [6.07, 6.45) is 4.93. The first-order valence-corrected chi connectivity index (χ1v) is 8.73. The Morgan fingerprint density at radius 3 is 2.85 bits per heavy atom. The molecule has 1 aliphatic carbocycles. The minimum atomic E-state index is -0.411. The van der Waals surface area contributed by atoms with Crippen molar-refractivity contribution in [2.24, 2.45) is 5.92 Å². The number of rotatable bonds is 4. The van der Waals surface area contributed by atoms with E-state index in [1.807, 2.05) is 13.0 Å². The molecule has 2 aromatic carbocycles. The molecular weight excluding hydrogens is 335 g/mol. The highest BCUT2D eigenvalue weighted by Crippen LogP contribution is 2.53. The molecule has 5 nitrogen and oxygen atoms in total. The number of halogens is 1. The summed E-state index contributed by atoms with van der Waals surface area (Å²) >= 11 is 0. The number of nitro benzene ring substituents is 1. The van der Waals surface area contributed by atoms with Crippen molar-refractivity contribution in [1.29, 1.82) is 0 Å². The van der Waals surface area contributed by atoms with Gasteiger partial charge in [-0.25, -0.2) is 4.39 Å². The van der Waals surface area contributed by atoms with Crippen LogP contribution in [-0.2, 0) is 0 Å². The van der Waals surface area contributed by atoms with Gasteiger partial charge in [0.05, 0.1) is 23.6 Å². The van der Waals surface area contributed by atoms with Gasteiger partial charge in [0.2, 0.25) is 0 Å². The highest BCUT2D eigenvalue weighted by molar-refractivity contribution is 5.73. The highest BCUT2D eigenvalue weighted by atomic mass is 19.1. The largest absolute Gasteiger partial charge is 0.494 e. The first kappa shape index (κ1) is 16.6. The Bertz CT molecular complexity index is 897. The lowest BCUT2D eigenvalue weighted by Crippen LogP contribution is -2.30. The van der Waals surface area contributed by atoms with Crippen molar-refractivity contribution in [3.63, 3.8) is 0 Å². The molecule has 2 aliphatic rings. The summed E-state index contributed by atoms with van der Waals surface area (Å²) in [6.45, 7) is 2.28. The molecule has 1 N–H and O–H groups in total. The lowest BCUT2D eigenvalue weighted by molar-refractivity contribution is -0.384. The van der Waals surface area contributed by atoms with Gasteiger partial charge in [-0.15, -0.1) is 0 Å². The summed E-state index contributed by atoms with van der Waals surface area (Å²) in [4.78, 5) is 11.2. The summed E-state index contributed by atoms with van der Waals surface area (Å²) in [5.74, 6) is 0.293. The van der Waals surface area contributed by atoms with Crippen molar-refractivity contribution < 1.29 is 14.1 Å². The van der Waals surface area contributed by atoms with Crippen LogP contribution in [-0.4, -0.2) is 11.5 Å². The molecule has 6 heteroatoms. The molecule has 0 fully saturated rings. The van der Waals surface area contributed by atoms with E-state index in [9.17, 15) is 14.5 Å². The summed E-state index contributed by atoms with van der Waals surface area (Å²) in [5.41, 5.74) is 1.81. The van der Waals surface area contributed by atoms with E-state index in [1.165, 1.54) is 12.1 Å². The zero-order valence-corrected chi connectivity index (χ0v) is 14.3. The molecule has 0 saturated heterocycles. The van der Waals surface area contributed by atoms with Crippen molar-refractivity contribution in [2.45, 2.75) is 25.3 Å². The third-order valence-corrected chi connectivity index (χ3v) is 5.17. The molecule has 3 atom stereocenters. The van der Waals surface area contributed by atoms with E-state index in [4.69, 9.17) is 4.74 Å². The molecule has 0 saturated carbocycles. The molecule has 26 heavy (non-hydrogen) atoms. The van der Waals surface area contributed by atoms with Crippen LogP contribution in [0.25, 0.3) is 0 Å². The molecule has 0 spiro atoms. The maximum absolute atomic E-state index is 14.4. The van der Waals surface area contributed by atoms with Gasteiger partial charge in [0.1, 0.15) is 17.3 Å². The smallest absolute Gasteiger partial charge is 0.296 e. The zero-order chi connectivity index (χ0) is 18.3. The van der Waals surface area contributed by atoms with Crippen molar-refractivity contribution in [3.8, 4) is 5.75 Å². The fourth-order valence-electron chi connectivity index (χ4n) is 4.08. The van der Waals surface area contributed by atoms with Gasteiger partial charge in [0.15, 0.2) is 0 Å². The van der Waals surface area contributed by atoms with E-state index >= 15 is 0 Å². The molecule has 0 radical (unpaired) electrons. The molecule has 0 aromatic heterocycles. The minimum absolute atomic E-state index is 0.00466. The van der Waals surface area contributed by atoms with Gasteiger partial charge in [0.25, 0.3) is 5.69 Å². The molecule has 0 unspecified atom stereocenters. The normalized spacial score (nSPS) is 23.1. The standard InChI is InChI=1S/C20H19FN2O3/c1-2-26-12-10-16-13-7-5-8-14(13)19(15-6-3-4-9-17(15)21)22-20(16)18(11-12)23(24)25/h3-7,9-11,13-14,19,22H,2,8H2,1H3/t13-,14-,19-/m1/s1. The molecule has 2 aromatic rings. The van der Waals surface area contributed by atoms with Gasteiger partial charge >= 0.3 is 0 Å². The number of anilines is 1. The fourth-order valence-corrected chi connectivity index (χ4v) is 4.08. The lowest BCUT2D eigenvalue weighted by atomic mass is 9.76. The van der Waals surface area contributed by atoms with Gasteiger partial charge < -0.3 is 10.1 Å². The van der Waals surface area contributed by atoms with Crippen LogP contribution in [0.2, 0.25) is 0 Å². The molecular formula is C20H19FN2O3. The summed E-state index contributed by atoms with van der Waals surface area (Å²) < 4.78 is 19.9. The highest BCUT2D eigenvalue weighted by Gasteiger charge is 2.41. The number of nitrogens with zero attached hydrogens (tertiary/aromatic N) is 1. The van der Waals surface area contributed by atoms with Gasteiger partial charge in [0, 0.05) is 11.5 Å². The fraction of sp³-hybridized carbons (Fsp3) is 0.300. The van der Waals surface area contributed by atoms with E-state index in [1.54, 1.807) is 18.2 Å². The van der Waals surface area contributed by atoms with Crippen molar-refractivity contribution in [3.05, 3.63) is 75.6 Å². The van der Waals surface area contributed by atoms with Crippen molar-refractivity contribution in [1.82, 2.24) is 0 Å². The second-order valence-electron chi connectivity index (χ2n) is 6.59. The SMILES string of the molecule is CCOc1cc2c(c([N+](=O)[O-])c1)N[C@@H](c1ccccc1F)[C@@H]1CC=C[C@@H]21. The number of nitro groups is 1. The van der Waals surface area contributed by atoms with E-state index in [-0.39, 0.29) is 29.4 Å². The molecule has 0 amide bonds. The Morgan fingerprint density at radius 1 is 1.31 bits per heavy atom. The van der Waals surface area contributed by atoms with Crippen molar-refractivity contribution >= 4 is 11.4 Å². The summed E-state index contributed by atoms with van der Waals surface area (Å²) in [6, 6.07) is 9.59. The number of hydrogen-bond donors (Lipinski definition) is 1. The number of allylic oxidation sites excluding steroid dienone is 2. The van der Waals surface area contributed by atoms with E-state index in [0.717, 1.165) is 12.0 Å². The summed E-state index contributed by atoms with van der Waals surface area (Å²) in [5, 5.41) is 14.9. The van der Waals surface area contributed by atoms with Gasteiger partial charge in [-0.1, -0.05) is 30.4 Å². The van der Waals surface area contributed by atoms with Crippen molar-refractivity contribution in [2.75, 3.05) is 11.9 Å². The van der Waals surface area contributed by atoms with Crippen LogP contribution in [0.5, 0.6) is 5.75 Å². The Kier molecular flexibility index (Phi) is 4.11. The first-order valence-electron chi connectivity index (χ1n) is 8.73. The predicted octanol–water partition coefficient (Wildman–Crippen LogP) is 4.96. The maximum atomic E-state index is 14.4. The average molecular weight is 354 g/mol. The van der Waals surface area contributed by atoms with E-state index < -0.39 is 4.92 Å². The van der Waals surface area contributed by atoms with E-state index in [0.29, 0.717) is 23.6 Å². The number of nitrogens with one attached hydrogen (secondary N) is 1. The molecule has 0 bridgehead atoms. The quantitative estimate of drug-likeness (QED) is 0.479. The third-order valence-electron chi connectivity index (χ3n) is 5.17. The Balaban J connectivity index is 1.87. The monoisotopic (exact) mass is 354 g/mol. The van der Waals surface area contributed by atoms with Gasteiger partial charge in [-0.2, -0.15) is 0 Å². The average Bonchev–Trinajstić information content (AvgIpc) is 3.11. The predicted molar refractivity (Wildman–Crippen MR) is 97.0 cm³/mol. The molecule has 134 valence electrons. The van der Waals surface area contributed by atoms with Gasteiger partial charge in [-0.3, -0.25) is 10.1 Å². The molecule has 4 rings (SSSR count). The minimum Gasteiger partial charge on any atom is -0.494 e. The number of benzene rings is 2. The topological polar surface area (TPSA) is 64.4 Å². The Hall–Kier alpha value is -2.89. The molecule has 1 heterocycles. The number of ether oxygens (including phenoxy) is 1. The van der Waals surface area contributed by atoms with E-state index in [2.05, 4.69) is 17.5 Å². The van der Waals surface area contributed by atoms with Crippen LogP contribution in [0.4, 0.5) is 15.8 Å². The Labute approximate surface area is 150 Å². The first-order chi connectivity index (χ1) is 12.6. The maximum Gasteiger partial charge on any atom is 0.296 e. The van der Waals surface area contributed by atoms with Crippen LogP contribution in [0, 0.1) is 21.8 Å². The zero-order valence-electron chi connectivity index (χ0n) is 14.3. The number of hydrogen-bond acceptors (Lipinski definition) is 4. The van der Waals surface area contributed by atoms with Crippen LogP contribution in [0.1, 0.15) is 36.4 Å². The second-order valence-corrected chi connectivity index (χ2v) is 6.59. The van der Waals surface area contributed by atoms with Crippen LogP contribution < -0.4 is 10.1 Å².